The zero-order chi connectivity index (χ0) is 23.8. The van der Waals surface area contributed by atoms with Crippen molar-refractivity contribution in [3.05, 3.63) is 69.9 Å². The molecule has 3 aromatic rings. The lowest BCUT2D eigenvalue weighted by Crippen LogP contribution is -2.49. The van der Waals surface area contributed by atoms with Gasteiger partial charge >= 0.3 is 6.09 Å². The number of aromatic nitrogens is 1. The van der Waals surface area contributed by atoms with Crippen molar-refractivity contribution in [2.75, 3.05) is 5.32 Å². The number of carbonyl (C=O) groups is 3. The number of fused-ring (bicyclic) bond motifs is 1. The van der Waals surface area contributed by atoms with Crippen LogP contribution in [0.3, 0.4) is 0 Å². The Morgan fingerprint density at radius 2 is 2.00 bits per heavy atom. The number of nitrogens with zero attached hydrogens (tertiary/aromatic N) is 1. The number of nitrogens with one attached hydrogen (secondary N) is 2. The second-order valence-corrected chi connectivity index (χ2v) is 8.40. The standard InChI is InChI=1S/C24H21ClFN3O4/c1-13-3-6-17(11-19(13)25)28-23(32)33-12-15-4-5-16-10-18(14(2)27-20(16)9-15)24(26)8-7-21(30)29-22(24)31/h3-6,9-11H,7-8,12H2,1-2H3,(H,28,32)(H,29,30,31). The number of piperidine rings is 1. The second kappa shape index (κ2) is 8.78. The number of ether oxygens (including phenoxy) is 1. The Morgan fingerprint density at radius 1 is 1.21 bits per heavy atom. The number of carbonyl (C=O) groups excluding carboxylic acids is 3. The van der Waals surface area contributed by atoms with Crippen LogP contribution in [-0.2, 0) is 26.6 Å². The molecular formula is C24H21ClFN3O4. The molecule has 1 unspecified atom stereocenters. The van der Waals surface area contributed by atoms with E-state index in [0.717, 1.165) is 5.56 Å². The van der Waals surface area contributed by atoms with E-state index in [1.54, 1.807) is 49.4 Å². The number of amides is 3. The average molecular weight is 470 g/mol. The highest BCUT2D eigenvalue weighted by Crippen LogP contribution is 2.37. The summed E-state index contributed by atoms with van der Waals surface area (Å²) < 4.78 is 20.8. The number of pyridine rings is 1. The highest BCUT2D eigenvalue weighted by molar-refractivity contribution is 6.31. The van der Waals surface area contributed by atoms with E-state index in [4.69, 9.17) is 16.3 Å². The number of hydrogen-bond donors (Lipinski definition) is 2. The van der Waals surface area contributed by atoms with Gasteiger partial charge in [0.05, 0.1) is 5.52 Å². The second-order valence-electron chi connectivity index (χ2n) is 7.99. The van der Waals surface area contributed by atoms with Gasteiger partial charge in [-0.15, -0.1) is 0 Å². The number of aryl methyl sites for hydroxylation is 2. The van der Waals surface area contributed by atoms with E-state index in [0.29, 0.717) is 32.9 Å². The minimum atomic E-state index is -2.31. The number of hydrogen-bond acceptors (Lipinski definition) is 5. The minimum absolute atomic E-state index is 0.00140. The molecule has 2 aromatic carbocycles. The Kier molecular flexibility index (Phi) is 6.03. The predicted molar refractivity (Wildman–Crippen MR) is 122 cm³/mol. The highest BCUT2D eigenvalue weighted by Gasteiger charge is 2.46. The van der Waals surface area contributed by atoms with Gasteiger partial charge in [0.1, 0.15) is 6.61 Å². The summed E-state index contributed by atoms with van der Waals surface area (Å²) in [6.45, 7) is 3.48. The first-order chi connectivity index (χ1) is 15.7. The lowest BCUT2D eigenvalue weighted by Gasteiger charge is -2.29. The summed E-state index contributed by atoms with van der Waals surface area (Å²) in [5.74, 6) is -1.45. The quantitative estimate of drug-likeness (QED) is 0.532. The van der Waals surface area contributed by atoms with Crippen molar-refractivity contribution in [3.8, 4) is 0 Å². The van der Waals surface area contributed by atoms with Crippen LogP contribution >= 0.6 is 11.6 Å². The van der Waals surface area contributed by atoms with Crippen molar-refractivity contribution < 1.29 is 23.5 Å². The Balaban J connectivity index is 1.49. The molecule has 0 bridgehead atoms. The molecule has 0 spiro atoms. The molecule has 2 N–H and O–H groups in total. The first-order valence-corrected chi connectivity index (χ1v) is 10.7. The van der Waals surface area contributed by atoms with E-state index in [9.17, 15) is 14.4 Å². The number of halogens is 2. The van der Waals surface area contributed by atoms with Crippen LogP contribution in [0.4, 0.5) is 14.9 Å². The van der Waals surface area contributed by atoms with Gasteiger partial charge in [-0.25, -0.2) is 9.18 Å². The van der Waals surface area contributed by atoms with Gasteiger partial charge in [-0.2, -0.15) is 0 Å². The molecule has 0 radical (unpaired) electrons. The lowest BCUT2D eigenvalue weighted by molar-refractivity contribution is -0.144. The van der Waals surface area contributed by atoms with Crippen molar-refractivity contribution in [2.45, 2.75) is 39.0 Å². The Labute approximate surface area is 194 Å². The summed E-state index contributed by atoms with van der Waals surface area (Å²) in [7, 11) is 0. The largest absolute Gasteiger partial charge is 0.444 e. The van der Waals surface area contributed by atoms with Gasteiger partial charge in [0, 0.05) is 40.2 Å². The van der Waals surface area contributed by atoms with Crippen LogP contribution in [0.25, 0.3) is 10.9 Å². The van der Waals surface area contributed by atoms with E-state index >= 15 is 4.39 Å². The normalized spacial score (nSPS) is 18.2. The molecule has 3 amide bonds. The molecule has 1 aliphatic heterocycles. The number of alkyl halides is 1. The zero-order valence-corrected chi connectivity index (χ0v) is 18.8. The van der Waals surface area contributed by atoms with Gasteiger partial charge in [-0.3, -0.25) is 25.2 Å². The van der Waals surface area contributed by atoms with Gasteiger partial charge in [-0.05, 0) is 49.2 Å². The van der Waals surface area contributed by atoms with E-state index in [2.05, 4.69) is 15.6 Å². The third kappa shape index (κ3) is 4.66. The fourth-order valence-electron chi connectivity index (χ4n) is 3.72. The monoisotopic (exact) mass is 469 g/mol. The molecule has 33 heavy (non-hydrogen) atoms. The van der Waals surface area contributed by atoms with Crippen LogP contribution in [0, 0.1) is 13.8 Å². The topological polar surface area (TPSA) is 97.4 Å². The molecule has 170 valence electrons. The Morgan fingerprint density at radius 3 is 2.73 bits per heavy atom. The first-order valence-electron chi connectivity index (χ1n) is 10.3. The maximum absolute atomic E-state index is 15.5. The van der Waals surface area contributed by atoms with Crippen LogP contribution in [0.15, 0.2) is 42.5 Å². The van der Waals surface area contributed by atoms with E-state index < -0.39 is 23.6 Å². The summed E-state index contributed by atoms with van der Waals surface area (Å²) in [5, 5.41) is 5.84. The van der Waals surface area contributed by atoms with E-state index in [-0.39, 0.29) is 25.0 Å². The van der Waals surface area contributed by atoms with Gasteiger partial charge in [0.15, 0.2) is 0 Å². The van der Waals surface area contributed by atoms with Gasteiger partial charge in [-0.1, -0.05) is 29.8 Å². The molecule has 7 nitrogen and oxygen atoms in total. The number of rotatable bonds is 4. The molecule has 0 saturated carbocycles. The predicted octanol–water partition coefficient (Wildman–Crippen LogP) is 4.86. The molecular weight excluding hydrogens is 449 g/mol. The Bertz CT molecular complexity index is 1300. The third-order valence-corrected chi connectivity index (χ3v) is 6.00. The molecule has 1 saturated heterocycles. The smallest absolute Gasteiger partial charge is 0.411 e. The van der Waals surface area contributed by atoms with Crippen molar-refractivity contribution in [3.63, 3.8) is 0 Å². The number of anilines is 1. The molecule has 9 heteroatoms. The zero-order valence-electron chi connectivity index (χ0n) is 18.0. The van der Waals surface area contributed by atoms with Crippen LogP contribution < -0.4 is 10.6 Å². The number of benzene rings is 2. The summed E-state index contributed by atoms with van der Waals surface area (Å²) in [4.78, 5) is 40.2. The average Bonchev–Trinajstić information content (AvgIpc) is 2.77. The fourth-order valence-corrected chi connectivity index (χ4v) is 3.90. The van der Waals surface area contributed by atoms with Crippen molar-refractivity contribution in [1.82, 2.24) is 10.3 Å². The van der Waals surface area contributed by atoms with Crippen molar-refractivity contribution >= 4 is 46.1 Å². The lowest BCUT2D eigenvalue weighted by atomic mass is 9.85. The van der Waals surface area contributed by atoms with Crippen LogP contribution in [0.1, 0.15) is 35.2 Å². The minimum Gasteiger partial charge on any atom is -0.444 e. The summed E-state index contributed by atoms with van der Waals surface area (Å²) in [6.07, 6.45) is -0.932. The van der Waals surface area contributed by atoms with Crippen LogP contribution in [0.2, 0.25) is 5.02 Å². The maximum Gasteiger partial charge on any atom is 0.411 e. The molecule has 1 atom stereocenters. The SMILES string of the molecule is Cc1ccc(NC(=O)OCc2ccc3cc(C4(F)CCC(=O)NC4=O)c(C)nc3c2)cc1Cl. The van der Waals surface area contributed by atoms with Crippen LogP contribution in [0.5, 0.6) is 0 Å². The van der Waals surface area contributed by atoms with Gasteiger partial charge < -0.3 is 4.74 Å². The molecule has 0 aliphatic carbocycles. The fraction of sp³-hybridized carbons (Fsp3) is 0.250. The maximum atomic E-state index is 15.5. The summed E-state index contributed by atoms with van der Waals surface area (Å²) in [5.41, 5.74) is 0.857. The highest BCUT2D eigenvalue weighted by atomic mass is 35.5. The molecule has 1 aromatic heterocycles. The molecule has 4 rings (SSSR count). The van der Waals surface area contributed by atoms with Gasteiger partial charge in [0.2, 0.25) is 11.6 Å². The molecule has 1 aliphatic rings. The van der Waals surface area contributed by atoms with E-state index in [1.807, 2.05) is 6.92 Å². The van der Waals surface area contributed by atoms with Crippen molar-refractivity contribution in [2.24, 2.45) is 0 Å². The van der Waals surface area contributed by atoms with Gasteiger partial charge in [0.25, 0.3) is 5.91 Å². The summed E-state index contributed by atoms with van der Waals surface area (Å²) >= 11 is 6.06. The summed E-state index contributed by atoms with van der Waals surface area (Å²) in [6, 6.07) is 11.9. The van der Waals surface area contributed by atoms with Crippen LogP contribution in [-0.4, -0.2) is 22.9 Å². The third-order valence-electron chi connectivity index (χ3n) is 5.60. The molecule has 1 fully saturated rings. The molecule has 2 heterocycles. The Hall–Kier alpha value is -3.52. The van der Waals surface area contributed by atoms with E-state index in [1.165, 1.54) is 0 Å². The number of imide groups is 1. The first kappa shape index (κ1) is 22.7. The van der Waals surface area contributed by atoms with Crippen molar-refractivity contribution in [1.29, 1.82) is 0 Å².